The molecule has 1 heterocycles. The zero-order valence-electron chi connectivity index (χ0n) is 10.7. The summed E-state index contributed by atoms with van der Waals surface area (Å²) in [6.07, 6.45) is 0.894. The number of ketones is 1. The highest BCUT2D eigenvalue weighted by Gasteiger charge is 2.26. The number of benzene rings is 2. The van der Waals surface area contributed by atoms with Gasteiger partial charge in [-0.25, -0.2) is 4.39 Å². The van der Waals surface area contributed by atoms with Crippen LogP contribution in [0, 0.1) is 5.82 Å². The van der Waals surface area contributed by atoms with Gasteiger partial charge in [-0.1, -0.05) is 35.9 Å². The molecule has 0 spiro atoms. The molecule has 0 aromatic heterocycles. The molecule has 2 nitrogen and oxygen atoms in total. The average molecular weight is 290 g/mol. The number of carbonyl (C=O) groups excluding carboxylic acids is 1. The highest BCUT2D eigenvalue weighted by atomic mass is 35.5. The third-order valence-corrected chi connectivity index (χ3v) is 3.83. The maximum Gasteiger partial charge on any atom is 0.159 e. The molecule has 0 fully saturated rings. The number of nitrogens with one attached hydrogen (secondary N) is 1. The molecule has 1 aliphatic heterocycles. The molecule has 0 saturated heterocycles. The quantitative estimate of drug-likeness (QED) is 0.935. The zero-order valence-corrected chi connectivity index (χ0v) is 11.5. The van der Waals surface area contributed by atoms with Crippen LogP contribution in [0.3, 0.4) is 0 Å². The average Bonchev–Trinajstić information content (AvgIpc) is 2.87. The van der Waals surface area contributed by atoms with Crippen LogP contribution in [0.1, 0.15) is 11.1 Å². The topological polar surface area (TPSA) is 29.1 Å². The van der Waals surface area contributed by atoms with Crippen molar-refractivity contribution < 1.29 is 9.18 Å². The second-order valence-electron chi connectivity index (χ2n) is 4.95. The Hall–Kier alpha value is -1.87. The summed E-state index contributed by atoms with van der Waals surface area (Å²) < 4.78 is 13.4. The van der Waals surface area contributed by atoms with Crippen LogP contribution in [0.2, 0.25) is 5.02 Å². The molecule has 2 aromatic carbocycles. The lowest BCUT2D eigenvalue weighted by Gasteiger charge is -2.10. The first-order chi connectivity index (χ1) is 9.63. The molecule has 0 radical (unpaired) electrons. The van der Waals surface area contributed by atoms with E-state index in [9.17, 15) is 9.18 Å². The third-order valence-electron chi connectivity index (χ3n) is 3.52. The van der Waals surface area contributed by atoms with E-state index in [-0.39, 0.29) is 23.3 Å². The predicted molar refractivity (Wildman–Crippen MR) is 77.7 cm³/mol. The van der Waals surface area contributed by atoms with Crippen LogP contribution in [0.15, 0.2) is 42.5 Å². The first kappa shape index (κ1) is 13.1. The Labute approximate surface area is 121 Å². The van der Waals surface area contributed by atoms with E-state index < -0.39 is 5.82 Å². The molecule has 1 unspecified atom stereocenters. The number of hydrogen-bond donors (Lipinski definition) is 1. The molecule has 1 N–H and O–H groups in total. The lowest BCUT2D eigenvalue weighted by molar-refractivity contribution is -0.119. The van der Waals surface area contributed by atoms with Gasteiger partial charge in [-0.05, 0) is 29.3 Å². The van der Waals surface area contributed by atoms with E-state index >= 15 is 0 Å². The highest BCUT2D eigenvalue weighted by Crippen LogP contribution is 2.26. The standard InChI is InChI=1S/C16H13ClFNO/c17-12-6-5-10(7-13(12)18)8-16(20)15-9-11-3-1-2-4-14(11)19-15/h1-7,15,19H,8-9H2. The summed E-state index contributed by atoms with van der Waals surface area (Å²) in [5.41, 5.74) is 2.80. The van der Waals surface area contributed by atoms with E-state index in [1.807, 2.05) is 24.3 Å². The van der Waals surface area contributed by atoms with E-state index in [2.05, 4.69) is 5.32 Å². The van der Waals surface area contributed by atoms with E-state index in [0.717, 1.165) is 11.3 Å². The Morgan fingerprint density at radius 1 is 1.30 bits per heavy atom. The Morgan fingerprint density at radius 3 is 2.85 bits per heavy atom. The molecule has 1 aliphatic rings. The molecular weight excluding hydrogens is 277 g/mol. The SMILES string of the molecule is O=C(Cc1ccc(Cl)c(F)c1)C1Cc2ccccc2N1. The van der Waals surface area contributed by atoms with Gasteiger partial charge < -0.3 is 5.32 Å². The van der Waals surface area contributed by atoms with Crippen molar-refractivity contribution in [3.8, 4) is 0 Å². The number of carbonyl (C=O) groups is 1. The number of halogens is 2. The van der Waals surface area contributed by atoms with Crippen molar-refractivity contribution in [3.63, 3.8) is 0 Å². The number of para-hydroxylation sites is 1. The lowest BCUT2D eigenvalue weighted by Crippen LogP contribution is -2.28. The summed E-state index contributed by atoms with van der Waals surface area (Å²) in [5.74, 6) is -0.428. The third kappa shape index (κ3) is 2.54. The summed E-state index contributed by atoms with van der Waals surface area (Å²) in [5, 5.41) is 3.29. The van der Waals surface area contributed by atoms with Crippen LogP contribution >= 0.6 is 11.6 Å². The summed E-state index contributed by atoms with van der Waals surface area (Å²) in [7, 11) is 0. The molecule has 102 valence electrons. The van der Waals surface area contributed by atoms with Gasteiger partial charge in [0.25, 0.3) is 0 Å². The Morgan fingerprint density at radius 2 is 2.10 bits per heavy atom. The largest absolute Gasteiger partial charge is 0.375 e. The first-order valence-electron chi connectivity index (χ1n) is 6.44. The molecule has 0 bridgehead atoms. The number of Topliss-reactive ketones (excluding diaryl/α,β-unsaturated/α-hetero) is 1. The maximum absolute atomic E-state index is 13.4. The molecule has 2 aromatic rings. The lowest BCUT2D eigenvalue weighted by atomic mass is 10.0. The Bertz CT molecular complexity index is 646. The summed E-state index contributed by atoms with van der Waals surface area (Å²) >= 11 is 5.63. The summed E-state index contributed by atoms with van der Waals surface area (Å²) in [6.45, 7) is 0. The van der Waals surface area contributed by atoms with Crippen molar-refractivity contribution in [1.82, 2.24) is 0 Å². The van der Waals surface area contributed by atoms with Crippen LogP contribution in [-0.4, -0.2) is 11.8 Å². The molecule has 0 aliphatic carbocycles. The number of anilines is 1. The fourth-order valence-corrected chi connectivity index (χ4v) is 2.58. The minimum absolute atomic E-state index is 0.0583. The Balaban J connectivity index is 1.71. The number of hydrogen-bond acceptors (Lipinski definition) is 2. The van der Waals surface area contributed by atoms with Crippen LogP contribution in [-0.2, 0) is 17.6 Å². The monoisotopic (exact) mass is 289 g/mol. The number of fused-ring (bicyclic) bond motifs is 1. The highest BCUT2D eigenvalue weighted by molar-refractivity contribution is 6.30. The second kappa shape index (κ2) is 5.25. The van der Waals surface area contributed by atoms with Gasteiger partial charge in [-0.15, -0.1) is 0 Å². The number of rotatable bonds is 3. The van der Waals surface area contributed by atoms with Gasteiger partial charge in [-0.3, -0.25) is 4.79 Å². The maximum atomic E-state index is 13.4. The molecule has 0 amide bonds. The van der Waals surface area contributed by atoms with Gasteiger partial charge >= 0.3 is 0 Å². The van der Waals surface area contributed by atoms with Gasteiger partial charge in [0.15, 0.2) is 5.78 Å². The summed E-state index contributed by atoms with van der Waals surface area (Å²) in [6, 6.07) is 12.1. The predicted octanol–water partition coefficient (Wildman–Crippen LogP) is 3.63. The first-order valence-corrected chi connectivity index (χ1v) is 6.82. The second-order valence-corrected chi connectivity index (χ2v) is 5.36. The zero-order chi connectivity index (χ0) is 14.1. The van der Waals surface area contributed by atoms with Gasteiger partial charge in [0.1, 0.15) is 5.82 Å². The fourth-order valence-electron chi connectivity index (χ4n) is 2.47. The van der Waals surface area contributed by atoms with E-state index in [1.165, 1.54) is 12.1 Å². The van der Waals surface area contributed by atoms with Crippen molar-refractivity contribution in [3.05, 3.63) is 64.4 Å². The van der Waals surface area contributed by atoms with Crippen molar-refractivity contribution in [2.75, 3.05) is 5.32 Å². The molecule has 0 saturated carbocycles. The summed E-state index contributed by atoms with van der Waals surface area (Å²) in [4.78, 5) is 12.3. The molecule has 20 heavy (non-hydrogen) atoms. The smallest absolute Gasteiger partial charge is 0.159 e. The molecule has 3 rings (SSSR count). The van der Waals surface area contributed by atoms with Crippen LogP contribution in [0.25, 0.3) is 0 Å². The fraction of sp³-hybridized carbons (Fsp3) is 0.188. The van der Waals surface area contributed by atoms with Crippen molar-refractivity contribution >= 4 is 23.1 Å². The molecular formula is C16H13ClFNO. The van der Waals surface area contributed by atoms with E-state index in [1.54, 1.807) is 6.07 Å². The van der Waals surface area contributed by atoms with Gasteiger partial charge in [0.2, 0.25) is 0 Å². The van der Waals surface area contributed by atoms with Crippen LogP contribution in [0.4, 0.5) is 10.1 Å². The van der Waals surface area contributed by atoms with E-state index in [4.69, 9.17) is 11.6 Å². The van der Waals surface area contributed by atoms with Crippen LogP contribution < -0.4 is 5.32 Å². The Kier molecular flexibility index (Phi) is 3.45. The van der Waals surface area contributed by atoms with Gasteiger partial charge in [0.05, 0.1) is 11.1 Å². The van der Waals surface area contributed by atoms with Gasteiger partial charge in [-0.2, -0.15) is 0 Å². The van der Waals surface area contributed by atoms with E-state index in [0.29, 0.717) is 12.0 Å². The normalized spacial score (nSPS) is 16.6. The molecule has 4 heteroatoms. The van der Waals surface area contributed by atoms with Crippen molar-refractivity contribution in [1.29, 1.82) is 0 Å². The minimum Gasteiger partial charge on any atom is -0.375 e. The van der Waals surface area contributed by atoms with Crippen molar-refractivity contribution in [2.24, 2.45) is 0 Å². The molecule has 1 atom stereocenters. The van der Waals surface area contributed by atoms with Crippen molar-refractivity contribution in [2.45, 2.75) is 18.9 Å². The minimum atomic E-state index is -0.486. The van der Waals surface area contributed by atoms with Gasteiger partial charge in [0, 0.05) is 18.5 Å². The van der Waals surface area contributed by atoms with Crippen LogP contribution in [0.5, 0.6) is 0 Å².